The van der Waals surface area contributed by atoms with Crippen LogP contribution in [0.3, 0.4) is 0 Å². The van der Waals surface area contributed by atoms with Crippen LogP contribution in [0, 0.1) is 0 Å². The van der Waals surface area contributed by atoms with Gasteiger partial charge in [-0.15, -0.1) is 0 Å². The number of H-pyrrole nitrogens is 1. The molecule has 1 aromatic heterocycles. The molecule has 5 nitrogen and oxygen atoms in total. The molecule has 0 aliphatic rings. The van der Waals surface area contributed by atoms with E-state index in [1.807, 2.05) is 0 Å². The monoisotopic (exact) mass is 374 g/mol. The van der Waals surface area contributed by atoms with Crippen molar-refractivity contribution in [3.8, 4) is 5.75 Å². The van der Waals surface area contributed by atoms with Crippen molar-refractivity contribution in [2.24, 2.45) is 0 Å². The number of carbonyl (C=O) groups is 1. The number of likely N-dealkylation sites (N-methyl/N-ethyl adjacent to an activating group) is 1. The van der Waals surface area contributed by atoms with Gasteiger partial charge in [-0.3, -0.25) is 9.69 Å². The molecule has 9 heteroatoms. The summed E-state index contributed by atoms with van der Waals surface area (Å²) in [6, 6.07) is 6.99. The molecule has 1 aromatic carbocycles. The van der Waals surface area contributed by atoms with E-state index in [-0.39, 0.29) is 12.5 Å². The first-order valence-electron chi connectivity index (χ1n) is 7.14. The number of benzene rings is 1. The van der Waals surface area contributed by atoms with E-state index < -0.39 is 11.7 Å². The zero-order valence-corrected chi connectivity index (χ0v) is 14.2. The third-order valence-corrected chi connectivity index (χ3v) is 3.59. The number of hydrogen-bond donors (Lipinski definition) is 1. The van der Waals surface area contributed by atoms with Gasteiger partial charge in [-0.05, 0) is 24.3 Å². The minimum atomic E-state index is -4.42. The Bertz CT molecular complexity index is 751. The van der Waals surface area contributed by atoms with Gasteiger partial charge < -0.3 is 10.1 Å². The third-order valence-electron chi connectivity index (χ3n) is 3.35. The highest BCUT2D eigenvalue weighted by molar-refractivity contribution is 6.31. The van der Waals surface area contributed by atoms with Gasteiger partial charge in [0.15, 0.2) is 6.54 Å². The van der Waals surface area contributed by atoms with Crippen molar-refractivity contribution in [2.45, 2.75) is 6.18 Å². The third kappa shape index (κ3) is 4.99. The van der Waals surface area contributed by atoms with Gasteiger partial charge in [0.1, 0.15) is 11.9 Å². The quantitative estimate of drug-likeness (QED) is 0.874. The Morgan fingerprint density at radius 1 is 1.32 bits per heavy atom. The van der Waals surface area contributed by atoms with Crippen molar-refractivity contribution in [3.05, 3.63) is 47.1 Å². The standard InChI is InChI=1S/C16H15ClF3N3O2/c1-23(14-6-3-10(8-21-14)16(18,19)20)9-15(24)22-12-7-11(17)4-5-13(12)25-2/h3-8H,9H2,1-2H3,(H,22,24)/p+1. The largest absolute Gasteiger partial charge is 0.495 e. The van der Waals surface area contributed by atoms with Crippen LogP contribution in [0.4, 0.5) is 24.7 Å². The Labute approximate surface area is 147 Å². The maximum absolute atomic E-state index is 12.6. The van der Waals surface area contributed by atoms with Crippen LogP contribution in [0.2, 0.25) is 5.02 Å². The van der Waals surface area contributed by atoms with Gasteiger partial charge in [0.25, 0.3) is 11.7 Å². The Hall–Kier alpha value is -2.48. The Kier molecular flexibility index (Phi) is 5.73. The molecular weight excluding hydrogens is 359 g/mol. The van der Waals surface area contributed by atoms with Crippen LogP contribution in [-0.2, 0) is 11.0 Å². The van der Waals surface area contributed by atoms with Crippen molar-refractivity contribution in [3.63, 3.8) is 0 Å². The molecule has 0 spiro atoms. The van der Waals surface area contributed by atoms with Gasteiger partial charge in [-0.2, -0.15) is 13.2 Å². The summed E-state index contributed by atoms with van der Waals surface area (Å²) in [7, 11) is 3.04. The summed E-state index contributed by atoms with van der Waals surface area (Å²) in [5.41, 5.74) is -0.387. The molecule has 0 saturated heterocycles. The molecule has 0 aliphatic heterocycles. The molecule has 2 rings (SSSR count). The summed E-state index contributed by atoms with van der Waals surface area (Å²) in [6.45, 7) is -0.0858. The number of hydrogen-bond acceptors (Lipinski definition) is 3. The van der Waals surface area contributed by atoms with Crippen molar-refractivity contribution >= 4 is 29.0 Å². The van der Waals surface area contributed by atoms with Crippen LogP contribution in [0.5, 0.6) is 5.75 Å². The lowest BCUT2D eigenvalue weighted by molar-refractivity contribution is -0.367. The second kappa shape index (κ2) is 7.60. The minimum Gasteiger partial charge on any atom is -0.495 e. The number of halogens is 4. The van der Waals surface area contributed by atoms with E-state index >= 15 is 0 Å². The maximum Gasteiger partial charge on any atom is 0.419 e. The molecule has 0 atom stereocenters. The van der Waals surface area contributed by atoms with E-state index in [9.17, 15) is 18.0 Å². The van der Waals surface area contributed by atoms with E-state index in [4.69, 9.17) is 16.3 Å². The molecule has 0 fully saturated rings. The molecule has 1 amide bonds. The Balaban J connectivity index is 2.04. The van der Waals surface area contributed by atoms with Crippen LogP contribution < -0.4 is 19.9 Å². The number of methoxy groups -OCH3 is 1. The van der Waals surface area contributed by atoms with Gasteiger partial charge >= 0.3 is 6.18 Å². The first-order chi connectivity index (χ1) is 11.7. The zero-order valence-electron chi connectivity index (χ0n) is 13.4. The number of aromatic nitrogens is 1. The zero-order chi connectivity index (χ0) is 18.6. The average molecular weight is 375 g/mol. The summed E-state index contributed by atoms with van der Waals surface area (Å²) < 4.78 is 42.8. The summed E-state index contributed by atoms with van der Waals surface area (Å²) >= 11 is 5.90. The molecule has 2 N–H and O–H groups in total. The van der Waals surface area contributed by atoms with E-state index in [0.29, 0.717) is 22.3 Å². The second-order valence-corrected chi connectivity index (χ2v) is 5.65. The molecule has 2 aromatic rings. The first-order valence-corrected chi connectivity index (χ1v) is 7.52. The van der Waals surface area contributed by atoms with Crippen LogP contribution >= 0.6 is 11.6 Å². The van der Waals surface area contributed by atoms with Crippen molar-refractivity contribution in [1.82, 2.24) is 0 Å². The molecule has 134 valence electrons. The SMILES string of the molecule is COc1ccc(Cl)cc1NC(=O)CN(C)c1ccc(C(F)(F)F)c[nH+]1. The van der Waals surface area contributed by atoms with Gasteiger partial charge in [-0.1, -0.05) is 11.6 Å². The Morgan fingerprint density at radius 3 is 2.60 bits per heavy atom. The van der Waals surface area contributed by atoms with Gasteiger partial charge in [0.2, 0.25) is 0 Å². The number of ether oxygens (including phenoxy) is 1. The average Bonchev–Trinajstić information content (AvgIpc) is 2.54. The van der Waals surface area contributed by atoms with Crippen LogP contribution in [0.15, 0.2) is 36.5 Å². The summed E-state index contributed by atoms with van der Waals surface area (Å²) in [4.78, 5) is 16.2. The highest BCUT2D eigenvalue weighted by atomic mass is 35.5. The number of rotatable bonds is 5. The normalized spacial score (nSPS) is 11.1. The number of pyridine rings is 1. The predicted octanol–water partition coefficient (Wildman–Crippen LogP) is 3.26. The number of carbonyl (C=O) groups excluding carboxylic acids is 1. The lowest BCUT2D eigenvalue weighted by Crippen LogP contribution is -2.33. The van der Waals surface area contributed by atoms with Crippen LogP contribution in [0.25, 0.3) is 0 Å². The molecule has 0 radical (unpaired) electrons. The van der Waals surface area contributed by atoms with Crippen molar-refractivity contribution in [1.29, 1.82) is 0 Å². The number of aromatic amines is 1. The molecule has 0 aliphatic carbocycles. The summed E-state index contributed by atoms with van der Waals surface area (Å²) in [5, 5.41) is 3.09. The summed E-state index contributed by atoms with van der Waals surface area (Å²) in [5.74, 6) is 0.430. The fourth-order valence-corrected chi connectivity index (χ4v) is 2.27. The first kappa shape index (κ1) is 18.9. The van der Waals surface area contributed by atoms with E-state index in [1.54, 1.807) is 25.2 Å². The van der Waals surface area contributed by atoms with Gasteiger partial charge in [0.05, 0.1) is 25.4 Å². The highest BCUT2D eigenvalue weighted by Gasteiger charge is 2.32. The number of nitrogens with one attached hydrogen (secondary N) is 2. The lowest BCUT2D eigenvalue weighted by atomic mass is 10.2. The highest BCUT2D eigenvalue weighted by Crippen LogP contribution is 2.29. The van der Waals surface area contributed by atoms with Crippen LogP contribution in [-0.4, -0.2) is 26.6 Å². The molecule has 0 bridgehead atoms. The van der Waals surface area contributed by atoms with Gasteiger partial charge in [0, 0.05) is 11.1 Å². The van der Waals surface area contributed by atoms with E-state index in [0.717, 1.165) is 12.3 Å². The number of nitrogens with zero attached hydrogens (tertiary/aromatic N) is 1. The van der Waals surface area contributed by atoms with Crippen LogP contribution in [0.1, 0.15) is 5.56 Å². The molecule has 1 heterocycles. The number of alkyl halides is 3. The van der Waals surface area contributed by atoms with Crippen molar-refractivity contribution < 1.29 is 27.7 Å². The topological polar surface area (TPSA) is 55.7 Å². The molecular formula is C16H16ClF3N3O2+. The maximum atomic E-state index is 12.6. The Morgan fingerprint density at radius 2 is 2.04 bits per heavy atom. The number of anilines is 2. The fraction of sp³-hybridized carbons (Fsp3) is 0.250. The van der Waals surface area contributed by atoms with E-state index in [2.05, 4.69) is 10.3 Å². The molecule has 25 heavy (non-hydrogen) atoms. The van der Waals surface area contributed by atoms with Crippen molar-refractivity contribution in [2.75, 3.05) is 30.9 Å². The predicted molar refractivity (Wildman–Crippen MR) is 87.9 cm³/mol. The molecule has 0 saturated carbocycles. The number of amides is 1. The molecule has 0 unspecified atom stereocenters. The van der Waals surface area contributed by atoms with Gasteiger partial charge in [-0.25, -0.2) is 4.98 Å². The smallest absolute Gasteiger partial charge is 0.419 e. The minimum absolute atomic E-state index is 0.0858. The van der Waals surface area contributed by atoms with E-state index in [1.165, 1.54) is 18.1 Å². The fourth-order valence-electron chi connectivity index (χ4n) is 2.10. The lowest BCUT2D eigenvalue weighted by Gasteiger charge is -2.14. The summed E-state index contributed by atoms with van der Waals surface area (Å²) in [6.07, 6.45) is -3.57. The second-order valence-electron chi connectivity index (χ2n) is 5.21.